The molecule has 1 N–H and O–H groups in total. The standard InChI is InChI=1S/C10H15NO2/c1-6(2)9-4-8(5-11)13-10(12)7(9)3/h6-7,9,11H,4H2,1-3H3/t7?,9-/m1/s1. The second-order valence-corrected chi connectivity index (χ2v) is 3.87. The van der Waals surface area contributed by atoms with Crippen LogP contribution in [0.3, 0.4) is 0 Å². The first-order chi connectivity index (χ1) is 6.06. The predicted molar refractivity (Wildman–Crippen MR) is 49.4 cm³/mol. The first kappa shape index (κ1) is 10.0. The number of cyclic esters (lactones) is 1. The summed E-state index contributed by atoms with van der Waals surface area (Å²) in [6, 6.07) is 0. The summed E-state index contributed by atoms with van der Waals surface area (Å²) in [5, 5.41) is 6.92. The van der Waals surface area contributed by atoms with Crippen LogP contribution in [0.5, 0.6) is 0 Å². The minimum atomic E-state index is -0.222. The third kappa shape index (κ3) is 1.99. The summed E-state index contributed by atoms with van der Waals surface area (Å²) in [4.78, 5) is 11.3. The van der Waals surface area contributed by atoms with Crippen molar-refractivity contribution in [3.8, 4) is 0 Å². The van der Waals surface area contributed by atoms with Crippen molar-refractivity contribution in [3.05, 3.63) is 5.76 Å². The van der Waals surface area contributed by atoms with E-state index >= 15 is 0 Å². The molecule has 13 heavy (non-hydrogen) atoms. The van der Waals surface area contributed by atoms with E-state index in [4.69, 9.17) is 10.1 Å². The maximum Gasteiger partial charge on any atom is 0.314 e. The molecular weight excluding hydrogens is 166 g/mol. The molecule has 72 valence electrons. The molecule has 3 nitrogen and oxygen atoms in total. The Morgan fingerprint density at radius 1 is 1.62 bits per heavy atom. The summed E-state index contributed by atoms with van der Waals surface area (Å²) in [6.45, 7) is 6.05. The molecular formula is C10H15NO2. The SMILES string of the molecule is CC(C)[C@H]1CC(=C=N)OC(=O)C1C. The summed E-state index contributed by atoms with van der Waals surface area (Å²) in [5.41, 5.74) is 0. The van der Waals surface area contributed by atoms with Gasteiger partial charge in [-0.05, 0) is 11.8 Å². The maximum absolute atomic E-state index is 11.3. The van der Waals surface area contributed by atoms with E-state index in [9.17, 15) is 4.79 Å². The topological polar surface area (TPSA) is 50.1 Å². The van der Waals surface area contributed by atoms with Crippen molar-refractivity contribution in [1.82, 2.24) is 0 Å². The molecule has 2 atom stereocenters. The normalized spacial score (nSPS) is 28.6. The molecule has 1 unspecified atom stereocenters. The van der Waals surface area contributed by atoms with E-state index in [0.717, 1.165) is 0 Å². The number of allylic oxidation sites excluding steroid dienone is 1. The average Bonchev–Trinajstić information content (AvgIpc) is 2.09. The van der Waals surface area contributed by atoms with Gasteiger partial charge < -0.3 is 4.74 Å². The Morgan fingerprint density at radius 2 is 2.23 bits per heavy atom. The number of carbonyl (C=O) groups is 1. The lowest BCUT2D eigenvalue weighted by atomic mass is 9.80. The van der Waals surface area contributed by atoms with Gasteiger partial charge in [-0.2, -0.15) is 0 Å². The van der Waals surface area contributed by atoms with Gasteiger partial charge in [0.15, 0.2) is 5.76 Å². The minimum absolute atomic E-state index is 0.0582. The van der Waals surface area contributed by atoms with Crippen LogP contribution in [-0.2, 0) is 9.53 Å². The number of nitrogens with one attached hydrogen (secondary N) is 1. The Balaban J connectivity index is 2.84. The molecule has 0 amide bonds. The highest BCUT2D eigenvalue weighted by Crippen LogP contribution is 2.32. The van der Waals surface area contributed by atoms with Crippen molar-refractivity contribution in [2.24, 2.45) is 17.8 Å². The van der Waals surface area contributed by atoms with Gasteiger partial charge in [0.1, 0.15) is 0 Å². The fourth-order valence-corrected chi connectivity index (χ4v) is 1.71. The Bertz CT molecular complexity index is 264. The van der Waals surface area contributed by atoms with Gasteiger partial charge in [0.05, 0.1) is 5.92 Å². The zero-order valence-electron chi connectivity index (χ0n) is 8.26. The Kier molecular flexibility index (Phi) is 2.89. The Morgan fingerprint density at radius 3 is 2.69 bits per heavy atom. The second kappa shape index (κ2) is 3.75. The number of hydrogen-bond donors (Lipinski definition) is 1. The van der Waals surface area contributed by atoms with E-state index in [1.165, 1.54) is 0 Å². The molecule has 0 aromatic carbocycles. The molecule has 0 aromatic heterocycles. The van der Waals surface area contributed by atoms with Gasteiger partial charge in [-0.25, -0.2) is 0 Å². The molecule has 0 bridgehead atoms. The molecule has 1 saturated heterocycles. The minimum Gasteiger partial charge on any atom is -0.421 e. The highest BCUT2D eigenvalue weighted by molar-refractivity contribution is 5.76. The van der Waals surface area contributed by atoms with Gasteiger partial charge in [-0.3, -0.25) is 10.2 Å². The number of esters is 1. The molecule has 1 aliphatic rings. The summed E-state index contributed by atoms with van der Waals surface area (Å²) < 4.78 is 4.91. The lowest BCUT2D eigenvalue weighted by Gasteiger charge is -2.30. The molecule has 0 spiro atoms. The van der Waals surface area contributed by atoms with Crippen LogP contribution in [0.25, 0.3) is 0 Å². The van der Waals surface area contributed by atoms with Gasteiger partial charge in [-0.1, -0.05) is 20.8 Å². The number of hydrogen-bond acceptors (Lipinski definition) is 3. The van der Waals surface area contributed by atoms with Crippen LogP contribution in [0.15, 0.2) is 5.76 Å². The largest absolute Gasteiger partial charge is 0.421 e. The summed E-state index contributed by atoms with van der Waals surface area (Å²) in [6.07, 6.45) is 0.661. The summed E-state index contributed by atoms with van der Waals surface area (Å²) in [7, 11) is 0. The first-order valence-electron chi connectivity index (χ1n) is 4.56. The van der Waals surface area contributed by atoms with Crippen LogP contribution in [-0.4, -0.2) is 11.8 Å². The van der Waals surface area contributed by atoms with E-state index in [1.807, 2.05) is 6.92 Å². The third-order valence-electron chi connectivity index (χ3n) is 2.65. The average molecular weight is 181 g/mol. The van der Waals surface area contributed by atoms with E-state index in [-0.39, 0.29) is 17.8 Å². The Labute approximate surface area is 78.3 Å². The summed E-state index contributed by atoms with van der Waals surface area (Å²) in [5.74, 6) is 2.98. The van der Waals surface area contributed by atoms with Gasteiger partial charge >= 0.3 is 5.97 Å². The van der Waals surface area contributed by atoms with Gasteiger partial charge in [0.2, 0.25) is 0 Å². The smallest absolute Gasteiger partial charge is 0.314 e. The second-order valence-electron chi connectivity index (χ2n) is 3.87. The van der Waals surface area contributed by atoms with Crippen LogP contribution >= 0.6 is 0 Å². The highest BCUT2D eigenvalue weighted by atomic mass is 16.5. The van der Waals surface area contributed by atoms with Crippen molar-refractivity contribution < 1.29 is 9.53 Å². The van der Waals surface area contributed by atoms with Crippen LogP contribution < -0.4 is 0 Å². The lowest BCUT2D eigenvalue weighted by molar-refractivity contribution is -0.150. The highest BCUT2D eigenvalue weighted by Gasteiger charge is 2.34. The zero-order valence-corrected chi connectivity index (χ0v) is 8.26. The van der Waals surface area contributed by atoms with Gasteiger partial charge in [0, 0.05) is 12.3 Å². The molecule has 0 saturated carbocycles. The monoisotopic (exact) mass is 181 g/mol. The van der Waals surface area contributed by atoms with E-state index in [1.54, 1.807) is 0 Å². The zero-order chi connectivity index (χ0) is 10.0. The van der Waals surface area contributed by atoms with Crippen molar-refractivity contribution in [1.29, 1.82) is 5.41 Å². The molecule has 0 aliphatic carbocycles. The maximum atomic E-state index is 11.3. The molecule has 1 aliphatic heterocycles. The Hall–Kier alpha value is -1.08. The third-order valence-corrected chi connectivity index (χ3v) is 2.65. The van der Waals surface area contributed by atoms with Crippen LogP contribution in [0.4, 0.5) is 0 Å². The van der Waals surface area contributed by atoms with Gasteiger partial charge in [0.25, 0.3) is 0 Å². The van der Waals surface area contributed by atoms with Gasteiger partial charge in [-0.15, -0.1) is 0 Å². The molecule has 1 heterocycles. The summed E-state index contributed by atoms with van der Waals surface area (Å²) >= 11 is 0. The van der Waals surface area contributed by atoms with E-state index in [2.05, 4.69) is 19.7 Å². The van der Waals surface area contributed by atoms with Crippen LogP contribution in [0.2, 0.25) is 0 Å². The molecule has 1 fully saturated rings. The predicted octanol–water partition coefficient (Wildman–Crippen LogP) is 1.97. The molecule has 0 aromatic rings. The molecule has 3 heteroatoms. The van der Waals surface area contributed by atoms with E-state index in [0.29, 0.717) is 18.1 Å². The van der Waals surface area contributed by atoms with Crippen molar-refractivity contribution in [2.45, 2.75) is 27.2 Å². The number of ether oxygens (including phenoxy) is 1. The van der Waals surface area contributed by atoms with E-state index < -0.39 is 0 Å². The molecule has 1 rings (SSSR count). The molecule has 0 radical (unpaired) electrons. The van der Waals surface area contributed by atoms with Crippen molar-refractivity contribution >= 4 is 11.8 Å². The van der Waals surface area contributed by atoms with Crippen LogP contribution in [0, 0.1) is 23.2 Å². The van der Waals surface area contributed by atoms with Crippen molar-refractivity contribution in [2.75, 3.05) is 0 Å². The lowest BCUT2D eigenvalue weighted by Crippen LogP contribution is -2.32. The fraction of sp³-hybridized carbons (Fsp3) is 0.700. The quantitative estimate of drug-likeness (QED) is 0.496. The van der Waals surface area contributed by atoms with Crippen LogP contribution in [0.1, 0.15) is 27.2 Å². The fourth-order valence-electron chi connectivity index (χ4n) is 1.71. The number of rotatable bonds is 1. The number of carbonyl (C=O) groups excluding carboxylic acids is 1. The van der Waals surface area contributed by atoms with Crippen molar-refractivity contribution in [3.63, 3.8) is 0 Å². The first-order valence-corrected chi connectivity index (χ1v) is 4.56.